The fraction of sp³-hybridized carbons (Fsp3) is 0.304. The molecule has 4 aromatic rings. The highest BCUT2D eigenvalue weighted by molar-refractivity contribution is 7.26. The van der Waals surface area contributed by atoms with E-state index in [1.54, 1.807) is 41.1 Å². The first kappa shape index (κ1) is 23.8. The van der Waals surface area contributed by atoms with E-state index >= 15 is 0 Å². The van der Waals surface area contributed by atoms with Crippen LogP contribution in [-0.4, -0.2) is 28.2 Å². The number of aromatic hydroxyl groups is 1. The Bertz CT molecular complexity index is 1030. The van der Waals surface area contributed by atoms with Crippen LogP contribution < -0.4 is 10.6 Å². The van der Waals surface area contributed by atoms with Crippen LogP contribution >= 0.6 is 22.7 Å². The lowest BCUT2D eigenvalue weighted by atomic mass is 10.2. The molecule has 0 saturated carbocycles. The first-order valence-corrected chi connectivity index (χ1v) is 11.9. The Morgan fingerprint density at radius 3 is 2.40 bits per heavy atom. The van der Waals surface area contributed by atoms with E-state index in [2.05, 4.69) is 52.0 Å². The maximum atomic E-state index is 9.69. The SMILES string of the molecule is CC.CCNCC.Cc1ccc(O)cc1Nc1ncnc2cc(-c3cccs3)sc12. The third kappa shape index (κ3) is 6.26. The van der Waals surface area contributed by atoms with E-state index in [9.17, 15) is 5.11 Å². The van der Waals surface area contributed by atoms with Crippen LogP contribution in [0.1, 0.15) is 33.3 Å². The van der Waals surface area contributed by atoms with Gasteiger partial charge < -0.3 is 15.7 Å². The fourth-order valence-corrected chi connectivity index (χ4v) is 4.49. The van der Waals surface area contributed by atoms with E-state index < -0.39 is 0 Å². The van der Waals surface area contributed by atoms with Gasteiger partial charge in [0.25, 0.3) is 0 Å². The van der Waals surface area contributed by atoms with Gasteiger partial charge in [-0.25, -0.2) is 9.97 Å². The monoisotopic (exact) mass is 442 g/mol. The molecule has 5 nitrogen and oxygen atoms in total. The minimum Gasteiger partial charge on any atom is -0.508 e. The average Bonchev–Trinajstić information content (AvgIpc) is 3.43. The molecule has 0 saturated heterocycles. The number of hydrogen-bond acceptors (Lipinski definition) is 7. The Labute approximate surface area is 186 Å². The lowest BCUT2D eigenvalue weighted by Gasteiger charge is -2.09. The Balaban J connectivity index is 0.000000404. The van der Waals surface area contributed by atoms with Crippen molar-refractivity contribution in [2.75, 3.05) is 18.4 Å². The molecule has 0 unspecified atom stereocenters. The number of phenolic OH excluding ortho intramolecular Hbond substituents is 1. The minimum atomic E-state index is 0.230. The van der Waals surface area contributed by atoms with Crippen molar-refractivity contribution in [3.05, 3.63) is 53.7 Å². The number of rotatable bonds is 5. The molecular weight excluding hydrogens is 412 g/mol. The van der Waals surface area contributed by atoms with Crippen molar-refractivity contribution in [1.29, 1.82) is 0 Å². The number of fused-ring (bicyclic) bond motifs is 1. The highest BCUT2D eigenvalue weighted by Crippen LogP contribution is 2.38. The summed E-state index contributed by atoms with van der Waals surface area (Å²) in [4.78, 5) is 11.2. The molecule has 7 heteroatoms. The summed E-state index contributed by atoms with van der Waals surface area (Å²) in [5.41, 5.74) is 2.81. The van der Waals surface area contributed by atoms with Crippen LogP contribution in [0.25, 0.3) is 20.0 Å². The van der Waals surface area contributed by atoms with Crippen LogP contribution in [0.4, 0.5) is 11.5 Å². The average molecular weight is 443 g/mol. The maximum Gasteiger partial charge on any atom is 0.151 e. The molecule has 0 spiro atoms. The third-order valence-electron chi connectivity index (χ3n) is 4.05. The molecule has 30 heavy (non-hydrogen) atoms. The third-order valence-corrected chi connectivity index (χ3v) is 6.25. The second-order valence-electron chi connectivity index (χ2n) is 6.11. The Kier molecular flexibility index (Phi) is 9.73. The van der Waals surface area contributed by atoms with Gasteiger partial charge in [0, 0.05) is 21.5 Å². The maximum absolute atomic E-state index is 9.69. The summed E-state index contributed by atoms with van der Waals surface area (Å²) in [5.74, 6) is 0.991. The van der Waals surface area contributed by atoms with E-state index in [1.807, 2.05) is 32.9 Å². The summed E-state index contributed by atoms with van der Waals surface area (Å²) in [6.45, 7) is 12.4. The molecule has 0 fully saturated rings. The summed E-state index contributed by atoms with van der Waals surface area (Å²) in [7, 11) is 0. The van der Waals surface area contributed by atoms with E-state index in [4.69, 9.17) is 0 Å². The zero-order valence-electron chi connectivity index (χ0n) is 18.2. The van der Waals surface area contributed by atoms with Crippen molar-refractivity contribution < 1.29 is 5.11 Å². The van der Waals surface area contributed by atoms with Gasteiger partial charge in [0.2, 0.25) is 0 Å². The second-order valence-corrected chi connectivity index (χ2v) is 8.11. The van der Waals surface area contributed by atoms with Crippen molar-refractivity contribution in [2.24, 2.45) is 0 Å². The number of nitrogens with zero attached hydrogens (tertiary/aromatic N) is 2. The molecule has 0 aliphatic carbocycles. The lowest BCUT2D eigenvalue weighted by molar-refractivity contribution is 0.475. The molecule has 0 radical (unpaired) electrons. The van der Waals surface area contributed by atoms with Crippen molar-refractivity contribution in [1.82, 2.24) is 15.3 Å². The smallest absolute Gasteiger partial charge is 0.151 e. The number of anilines is 2. The summed E-state index contributed by atoms with van der Waals surface area (Å²) in [6.07, 6.45) is 1.56. The molecule has 0 aliphatic heterocycles. The van der Waals surface area contributed by atoms with E-state index in [-0.39, 0.29) is 5.75 Å². The van der Waals surface area contributed by atoms with Gasteiger partial charge in [0.1, 0.15) is 12.1 Å². The quantitative estimate of drug-likeness (QED) is 0.316. The van der Waals surface area contributed by atoms with Gasteiger partial charge in [-0.3, -0.25) is 0 Å². The van der Waals surface area contributed by atoms with Gasteiger partial charge in [-0.2, -0.15) is 0 Å². The van der Waals surface area contributed by atoms with Crippen LogP contribution in [-0.2, 0) is 0 Å². The minimum absolute atomic E-state index is 0.230. The standard InChI is InChI=1S/C17H13N3OS2.C4H11N.C2H6/c1-10-4-5-11(21)7-12(10)20-17-16-13(18-9-19-17)8-15(23-16)14-3-2-6-22-14;1-3-5-4-2;1-2/h2-9,21H,1H3,(H,18,19,20);5H,3-4H2,1-2H3;1-2H3. The molecule has 4 rings (SSSR count). The summed E-state index contributed by atoms with van der Waals surface area (Å²) in [6, 6.07) is 11.5. The van der Waals surface area contributed by atoms with Crippen LogP contribution in [0.5, 0.6) is 5.75 Å². The number of hydrogen-bond donors (Lipinski definition) is 3. The summed E-state index contributed by atoms with van der Waals surface area (Å²) < 4.78 is 1.01. The second kappa shape index (κ2) is 12.3. The van der Waals surface area contributed by atoms with Gasteiger partial charge in [0.05, 0.1) is 10.2 Å². The first-order valence-electron chi connectivity index (χ1n) is 10.2. The number of thiophene rings is 2. The van der Waals surface area contributed by atoms with Gasteiger partial charge >= 0.3 is 0 Å². The molecule has 160 valence electrons. The summed E-state index contributed by atoms with van der Waals surface area (Å²) >= 11 is 3.39. The highest BCUT2D eigenvalue weighted by atomic mass is 32.1. The number of nitrogens with one attached hydrogen (secondary N) is 2. The van der Waals surface area contributed by atoms with Gasteiger partial charge in [0.15, 0.2) is 5.82 Å². The molecule has 1 aromatic carbocycles. The molecule has 0 amide bonds. The first-order chi connectivity index (χ1) is 14.6. The van der Waals surface area contributed by atoms with E-state index in [1.165, 1.54) is 9.75 Å². The van der Waals surface area contributed by atoms with Crippen molar-refractivity contribution in [2.45, 2.75) is 34.6 Å². The largest absolute Gasteiger partial charge is 0.508 e. The van der Waals surface area contributed by atoms with Crippen LogP contribution in [0, 0.1) is 6.92 Å². The molecule has 0 atom stereocenters. The number of aromatic nitrogens is 2. The van der Waals surface area contributed by atoms with Crippen molar-refractivity contribution in [3.63, 3.8) is 0 Å². The topological polar surface area (TPSA) is 70.1 Å². The zero-order valence-corrected chi connectivity index (χ0v) is 19.8. The van der Waals surface area contributed by atoms with Crippen molar-refractivity contribution >= 4 is 44.4 Å². The predicted molar refractivity (Wildman–Crippen MR) is 132 cm³/mol. The van der Waals surface area contributed by atoms with Crippen LogP contribution in [0.3, 0.4) is 0 Å². The lowest BCUT2D eigenvalue weighted by Crippen LogP contribution is -2.09. The molecule has 0 aliphatic rings. The van der Waals surface area contributed by atoms with Gasteiger partial charge in [-0.15, -0.1) is 22.7 Å². The predicted octanol–water partition coefficient (Wildman–Crippen LogP) is 6.82. The van der Waals surface area contributed by atoms with E-state index in [0.29, 0.717) is 0 Å². The van der Waals surface area contributed by atoms with Gasteiger partial charge in [-0.1, -0.05) is 39.8 Å². The zero-order chi connectivity index (χ0) is 21.9. The van der Waals surface area contributed by atoms with E-state index in [0.717, 1.165) is 40.4 Å². The molecule has 3 heterocycles. The molecule has 3 N–H and O–H groups in total. The Morgan fingerprint density at radius 2 is 1.77 bits per heavy atom. The Hall–Kier alpha value is -2.48. The van der Waals surface area contributed by atoms with Crippen LogP contribution in [0.15, 0.2) is 48.1 Å². The van der Waals surface area contributed by atoms with Gasteiger partial charge in [-0.05, 0) is 49.2 Å². The number of phenols is 1. The fourth-order valence-electron chi connectivity index (χ4n) is 2.61. The Morgan fingerprint density at radius 1 is 1.00 bits per heavy atom. The molecular formula is C23H30N4OS2. The summed E-state index contributed by atoms with van der Waals surface area (Å²) in [5, 5.41) is 18.2. The number of aryl methyl sites for hydroxylation is 1. The normalized spacial score (nSPS) is 10.0. The molecule has 3 aromatic heterocycles. The van der Waals surface area contributed by atoms with Crippen LogP contribution in [0.2, 0.25) is 0 Å². The number of benzene rings is 1. The molecule has 0 bridgehead atoms. The highest BCUT2D eigenvalue weighted by Gasteiger charge is 2.12. The van der Waals surface area contributed by atoms with Crippen molar-refractivity contribution in [3.8, 4) is 15.5 Å².